The van der Waals surface area contributed by atoms with Crippen molar-refractivity contribution in [1.29, 1.82) is 0 Å². The SMILES string of the molecule is CC(C)(C)c1cc(CN(Cc2cc(C(C)(C)C)cc(C(C)(C)C)c2O)CC2C=CC=CN2)c(O)c(C(C)(C)C)c1. The fraction of sp³-hybridized carbons (Fsp3) is 0.556. The molecule has 4 nitrogen and oxygen atoms in total. The summed E-state index contributed by atoms with van der Waals surface area (Å²) in [5.74, 6) is 0.751. The molecule has 2 aromatic rings. The van der Waals surface area contributed by atoms with Crippen molar-refractivity contribution in [3.8, 4) is 11.5 Å². The molecule has 3 rings (SSSR count). The Hall–Kier alpha value is -2.72. The van der Waals surface area contributed by atoms with Crippen LogP contribution in [0.25, 0.3) is 0 Å². The Morgan fingerprint density at radius 3 is 1.38 bits per heavy atom. The summed E-state index contributed by atoms with van der Waals surface area (Å²) in [7, 11) is 0. The van der Waals surface area contributed by atoms with Crippen LogP contribution in [0.15, 0.2) is 48.7 Å². The zero-order valence-electron chi connectivity index (χ0n) is 27.2. The van der Waals surface area contributed by atoms with E-state index in [2.05, 4.69) is 130 Å². The van der Waals surface area contributed by atoms with Crippen LogP contribution in [0.3, 0.4) is 0 Å². The molecule has 0 radical (unpaired) electrons. The van der Waals surface area contributed by atoms with Crippen molar-refractivity contribution in [2.45, 2.75) is 124 Å². The number of dihydropyridines is 1. The lowest BCUT2D eigenvalue weighted by atomic mass is 9.78. The van der Waals surface area contributed by atoms with E-state index < -0.39 is 0 Å². The van der Waals surface area contributed by atoms with Gasteiger partial charge in [-0.05, 0) is 56.2 Å². The maximum absolute atomic E-state index is 11.6. The van der Waals surface area contributed by atoms with E-state index in [1.807, 2.05) is 12.3 Å². The molecule has 0 amide bonds. The molecule has 1 aliphatic rings. The van der Waals surface area contributed by atoms with Crippen LogP contribution < -0.4 is 5.32 Å². The lowest BCUT2D eigenvalue weighted by Crippen LogP contribution is -2.38. The Bertz CT molecular complexity index is 1170. The molecule has 3 N–H and O–H groups in total. The standard InChI is InChI=1S/C36H54N2O2/c1-33(2,3)26-17-24(31(39)29(19-26)35(7,8)9)21-38(23-28-15-13-14-16-37-28)22-25-18-27(34(4,5)6)20-30(32(25)40)36(10,11)12/h13-20,28,37,39-40H,21-23H2,1-12H3. The van der Waals surface area contributed by atoms with Gasteiger partial charge < -0.3 is 15.5 Å². The molecule has 1 atom stereocenters. The van der Waals surface area contributed by atoms with Gasteiger partial charge in [0, 0.05) is 30.8 Å². The molecular formula is C36H54N2O2. The minimum Gasteiger partial charge on any atom is -0.507 e. The van der Waals surface area contributed by atoms with Crippen LogP contribution in [0.2, 0.25) is 0 Å². The summed E-state index contributed by atoms with van der Waals surface area (Å²) in [4.78, 5) is 2.35. The summed E-state index contributed by atoms with van der Waals surface area (Å²) in [6.45, 7) is 28.1. The normalized spacial score (nSPS) is 16.5. The molecule has 220 valence electrons. The van der Waals surface area contributed by atoms with Crippen LogP contribution in [0, 0.1) is 0 Å². The van der Waals surface area contributed by atoms with Gasteiger partial charge in [-0.25, -0.2) is 0 Å². The molecule has 4 heteroatoms. The summed E-state index contributed by atoms with van der Waals surface area (Å²) < 4.78 is 0. The van der Waals surface area contributed by atoms with Crippen molar-refractivity contribution in [1.82, 2.24) is 10.2 Å². The van der Waals surface area contributed by atoms with Gasteiger partial charge in [0.1, 0.15) is 11.5 Å². The molecule has 1 aliphatic heterocycles. The van der Waals surface area contributed by atoms with E-state index in [0.29, 0.717) is 24.6 Å². The van der Waals surface area contributed by atoms with Crippen LogP contribution in [-0.4, -0.2) is 27.7 Å². The summed E-state index contributed by atoms with van der Waals surface area (Å²) in [5, 5.41) is 26.6. The van der Waals surface area contributed by atoms with Crippen LogP contribution in [0.1, 0.15) is 116 Å². The van der Waals surface area contributed by atoms with E-state index in [4.69, 9.17) is 0 Å². The van der Waals surface area contributed by atoms with Gasteiger partial charge in [-0.15, -0.1) is 0 Å². The Kier molecular flexibility index (Phi) is 8.97. The third-order valence-electron chi connectivity index (χ3n) is 7.83. The molecule has 0 saturated heterocycles. The Labute approximate surface area is 244 Å². The number of nitrogens with one attached hydrogen (secondary N) is 1. The van der Waals surface area contributed by atoms with Gasteiger partial charge >= 0.3 is 0 Å². The number of nitrogens with zero attached hydrogens (tertiary/aromatic N) is 1. The predicted octanol–water partition coefficient (Wildman–Crippen LogP) is 8.33. The fourth-order valence-electron chi connectivity index (χ4n) is 5.19. The average molecular weight is 547 g/mol. The smallest absolute Gasteiger partial charge is 0.123 e. The van der Waals surface area contributed by atoms with Gasteiger partial charge in [0.15, 0.2) is 0 Å². The Morgan fingerprint density at radius 1 is 0.625 bits per heavy atom. The minimum atomic E-state index is -0.190. The van der Waals surface area contributed by atoms with Gasteiger partial charge in [-0.3, -0.25) is 4.90 Å². The second-order valence-electron chi connectivity index (χ2n) is 15.7. The van der Waals surface area contributed by atoms with E-state index in [9.17, 15) is 10.2 Å². The third kappa shape index (κ3) is 7.72. The largest absolute Gasteiger partial charge is 0.507 e. The highest BCUT2D eigenvalue weighted by molar-refractivity contribution is 5.50. The van der Waals surface area contributed by atoms with Gasteiger partial charge in [0.25, 0.3) is 0 Å². The van der Waals surface area contributed by atoms with Crippen molar-refractivity contribution in [3.63, 3.8) is 0 Å². The number of benzene rings is 2. The highest BCUT2D eigenvalue weighted by Crippen LogP contribution is 2.40. The van der Waals surface area contributed by atoms with Crippen LogP contribution in [-0.2, 0) is 34.7 Å². The molecule has 1 unspecified atom stereocenters. The molecule has 2 aromatic carbocycles. The number of rotatable bonds is 6. The minimum absolute atomic E-state index is 0.0490. The first-order valence-corrected chi connectivity index (χ1v) is 14.7. The maximum atomic E-state index is 11.6. The van der Waals surface area contributed by atoms with E-state index >= 15 is 0 Å². The second kappa shape index (κ2) is 11.3. The first-order chi connectivity index (χ1) is 18.2. The fourth-order valence-corrected chi connectivity index (χ4v) is 5.19. The van der Waals surface area contributed by atoms with Crippen molar-refractivity contribution in [3.05, 3.63) is 82.1 Å². The maximum Gasteiger partial charge on any atom is 0.123 e. The molecule has 0 aliphatic carbocycles. The zero-order chi connectivity index (χ0) is 30.3. The van der Waals surface area contributed by atoms with E-state index in [1.54, 1.807) is 0 Å². The topological polar surface area (TPSA) is 55.7 Å². The van der Waals surface area contributed by atoms with Gasteiger partial charge in [0.05, 0.1) is 6.04 Å². The third-order valence-corrected chi connectivity index (χ3v) is 7.83. The lowest BCUT2D eigenvalue weighted by Gasteiger charge is -2.32. The molecular weight excluding hydrogens is 492 g/mol. The number of allylic oxidation sites excluding steroid dienone is 2. The molecule has 0 bridgehead atoms. The summed E-state index contributed by atoms with van der Waals surface area (Å²) in [6.07, 6.45) is 8.23. The van der Waals surface area contributed by atoms with E-state index in [0.717, 1.165) is 28.8 Å². The quantitative estimate of drug-likeness (QED) is 0.341. The predicted molar refractivity (Wildman–Crippen MR) is 170 cm³/mol. The van der Waals surface area contributed by atoms with Crippen LogP contribution in [0.5, 0.6) is 11.5 Å². The van der Waals surface area contributed by atoms with Gasteiger partial charge in [-0.1, -0.05) is 120 Å². The first-order valence-electron chi connectivity index (χ1n) is 14.7. The molecule has 0 aromatic heterocycles. The Morgan fingerprint density at radius 2 is 1.05 bits per heavy atom. The highest BCUT2D eigenvalue weighted by atomic mass is 16.3. The van der Waals surface area contributed by atoms with Crippen LogP contribution in [0.4, 0.5) is 0 Å². The van der Waals surface area contributed by atoms with Crippen molar-refractivity contribution in [2.24, 2.45) is 0 Å². The lowest BCUT2D eigenvalue weighted by molar-refractivity contribution is 0.236. The van der Waals surface area contributed by atoms with Crippen molar-refractivity contribution in [2.75, 3.05) is 6.54 Å². The number of aromatic hydroxyl groups is 2. The molecule has 0 fully saturated rings. The molecule has 0 spiro atoms. The number of hydrogen-bond acceptors (Lipinski definition) is 4. The molecule has 40 heavy (non-hydrogen) atoms. The van der Waals surface area contributed by atoms with Crippen molar-refractivity contribution < 1.29 is 10.2 Å². The Balaban J connectivity index is 2.14. The summed E-state index contributed by atoms with van der Waals surface area (Å²) in [5.41, 5.74) is 5.76. The van der Waals surface area contributed by atoms with Gasteiger partial charge in [-0.2, -0.15) is 0 Å². The summed E-state index contributed by atoms with van der Waals surface area (Å²) >= 11 is 0. The van der Waals surface area contributed by atoms with E-state index in [-0.39, 0.29) is 27.7 Å². The zero-order valence-corrected chi connectivity index (χ0v) is 27.2. The first kappa shape index (κ1) is 31.8. The monoisotopic (exact) mass is 546 g/mol. The summed E-state index contributed by atoms with van der Waals surface area (Å²) in [6, 6.07) is 8.83. The van der Waals surface area contributed by atoms with Gasteiger partial charge in [0.2, 0.25) is 0 Å². The van der Waals surface area contributed by atoms with E-state index in [1.165, 1.54) is 11.1 Å². The van der Waals surface area contributed by atoms with Crippen LogP contribution >= 0.6 is 0 Å². The number of phenolic OH excluding ortho intramolecular Hbond substituents is 2. The number of phenols is 2. The average Bonchev–Trinajstić information content (AvgIpc) is 2.79. The second-order valence-corrected chi connectivity index (χ2v) is 15.7. The van der Waals surface area contributed by atoms with Crippen molar-refractivity contribution >= 4 is 0 Å². The number of hydrogen-bond donors (Lipinski definition) is 3. The molecule has 0 saturated carbocycles. The molecule has 1 heterocycles. The highest BCUT2D eigenvalue weighted by Gasteiger charge is 2.28.